The number of nitrogens with one attached hydrogen (secondary N) is 1. The van der Waals surface area contributed by atoms with Crippen molar-refractivity contribution in [2.45, 2.75) is 39.2 Å². The second-order valence-corrected chi connectivity index (χ2v) is 3.62. The molecule has 0 spiro atoms. The summed E-state index contributed by atoms with van der Waals surface area (Å²) in [4.78, 5) is 22.2. The van der Waals surface area contributed by atoms with Gasteiger partial charge in [-0.25, -0.2) is 4.79 Å². The van der Waals surface area contributed by atoms with Gasteiger partial charge in [-0.05, 0) is 26.2 Å². The maximum atomic E-state index is 11.3. The lowest BCUT2D eigenvalue weighted by Gasteiger charge is -2.21. The Hall–Kier alpha value is -1.32. The number of carbonyl (C=O) groups excluding carboxylic acids is 2. The van der Waals surface area contributed by atoms with Crippen LogP contribution < -0.4 is 5.32 Å². The molecule has 1 aliphatic carbocycles. The highest BCUT2D eigenvalue weighted by atomic mass is 16.5. The van der Waals surface area contributed by atoms with E-state index in [2.05, 4.69) is 5.32 Å². The van der Waals surface area contributed by atoms with Crippen molar-refractivity contribution in [3.8, 4) is 0 Å². The molecule has 0 saturated heterocycles. The molecule has 0 radical (unpaired) electrons. The second-order valence-electron chi connectivity index (χ2n) is 3.62. The maximum absolute atomic E-state index is 11.3. The van der Waals surface area contributed by atoms with Gasteiger partial charge < -0.3 is 10.1 Å². The van der Waals surface area contributed by atoms with Crippen molar-refractivity contribution in [2.24, 2.45) is 0 Å². The van der Waals surface area contributed by atoms with E-state index in [0.717, 1.165) is 12.0 Å². The number of rotatable bonds is 3. The fraction of sp³-hybridized carbons (Fsp3) is 0.636. The quantitative estimate of drug-likeness (QED) is 0.713. The molecule has 0 aliphatic heterocycles. The van der Waals surface area contributed by atoms with Crippen LogP contribution in [0.2, 0.25) is 0 Å². The summed E-state index contributed by atoms with van der Waals surface area (Å²) in [6, 6.07) is 0.167. The Morgan fingerprint density at radius 2 is 2.33 bits per heavy atom. The third kappa shape index (κ3) is 3.73. The summed E-state index contributed by atoms with van der Waals surface area (Å²) in [7, 11) is 0. The van der Waals surface area contributed by atoms with Gasteiger partial charge >= 0.3 is 5.97 Å². The number of esters is 1. The van der Waals surface area contributed by atoms with Gasteiger partial charge in [0.05, 0.1) is 6.61 Å². The average molecular weight is 211 g/mol. The zero-order chi connectivity index (χ0) is 11.3. The summed E-state index contributed by atoms with van der Waals surface area (Å²) in [6.45, 7) is 3.71. The highest BCUT2D eigenvalue weighted by molar-refractivity contribution is 5.88. The highest BCUT2D eigenvalue weighted by Gasteiger charge is 2.19. The average Bonchev–Trinajstić information content (AvgIpc) is 2.18. The van der Waals surface area contributed by atoms with Gasteiger partial charge in [-0.15, -0.1) is 0 Å². The van der Waals surface area contributed by atoms with Crippen LogP contribution in [0.3, 0.4) is 0 Å². The van der Waals surface area contributed by atoms with Crippen molar-refractivity contribution in [2.75, 3.05) is 6.61 Å². The predicted molar refractivity (Wildman–Crippen MR) is 56.2 cm³/mol. The van der Waals surface area contributed by atoms with E-state index in [1.54, 1.807) is 6.92 Å². The fourth-order valence-corrected chi connectivity index (χ4v) is 1.66. The smallest absolute Gasteiger partial charge is 0.333 e. The predicted octanol–water partition coefficient (Wildman–Crippen LogP) is 1.16. The molecule has 1 aliphatic rings. The van der Waals surface area contributed by atoms with Crippen LogP contribution in [0.1, 0.15) is 33.1 Å². The van der Waals surface area contributed by atoms with Gasteiger partial charge in [-0.1, -0.05) is 6.08 Å². The molecule has 0 unspecified atom stereocenters. The molecule has 1 rings (SSSR count). The molecule has 84 valence electrons. The molecule has 0 aromatic rings. The zero-order valence-electron chi connectivity index (χ0n) is 9.21. The van der Waals surface area contributed by atoms with Crippen LogP contribution in [0.4, 0.5) is 0 Å². The van der Waals surface area contributed by atoms with Crippen molar-refractivity contribution in [3.63, 3.8) is 0 Å². The molecule has 4 heteroatoms. The Kier molecular flexibility index (Phi) is 4.34. The van der Waals surface area contributed by atoms with Gasteiger partial charge in [-0.2, -0.15) is 0 Å². The van der Waals surface area contributed by atoms with Crippen LogP contribution >= 0.6 is 0 Å². The standard InChI is InChI=1S/C11H17NO3/c1-3-15-11(14)9-4-6-10(7-5-9)12-8(2)13/h4,10H,3,5-7H2,1-2H3,(H,12,13)/t10-/m0/s1. The van der Waals surface area contributed by atoms with E-state index in [1.165, 1.54) is 6.92 Å². The first-order chi connectivity index (χ1) is 7.13. The Balaban J connectivity index is 2.44. The van der Waals surface area contributed by atoms with E-state index >= 15 is 0 Å². The van der Waals surface area contributed by atoms with Gasteiger partial charge in [-0.3, -0.25) is 4.79 Å². The SMILES string of the molecule is CCOC(=O)C1=CC[C@H](NC(C)=O)CC1. The largest absolute Gasteiger partial charge is 0.463 e. The molecular formula is C11H17NO3. The molecule has 0 heterocycles. The summed E-state index contributed by atoms with van der Waals surface area (Å²) in [6.07, 6.45) is 4.07. The molecule has 0 aromatic carbocycles. The third-order valence-electron chi connectivity index (χ3n) is 2.36. The summed E-state index contributed by atoms with van der Waals surface area (Å²) >= 11 is 0. The lowest BCUT2D eigenvalue weighted by atomic mass is 9.95. The molecule has 15 heavy (non-hydrogen) atoms. The van der Waals surface area contributed by atoms with Crippen molar-refractivity contribution in [1.82, 2.24) is 5.32 Å². The molecule has 4 nitrogen and oxygen atoms in total. The van der Waals surface area contributed by atoms with Gasteiger partial charge in [0, 0.05) is 18.5 Å². The highest BCUT2D eigenvalue weighted by Crippen LogP contribution is 2.19. The molecule has 1 N–H and O–H groups in total. The van der Waals surface area contributed by atoms with Crippen LogP contribution in [0, 0.1) is 0 Å². The van der Waals surface area contributed by atoms with E-state index in [0.29, 0.717) is 19.4 Å². The van der Waals surface area contributed by atoms with Crippen molar-refractivity contribution in [1.29, 1.82) is 0 Å². The normalized spacial score (nSPS) is 20.4. The minimum absolute atomic E-state index is 0.0204. The fourth-order valence-electron chi connectivity index (χ4n) is 1.66. The van der Waals surface area contributed by atoms with Gasteiger partial charge in [0.25, 0.3) is 0 Å². The van der Waals surface area contributed by atoms with Crippen LogP contribution in [0.5, 0.6) is 0 Å². The lowest BCUT2D eigenvalue weighted by molar-refractivity contribution is -0.138. The van der Waals surface area contributed by atoms with Crippen molar-refractivity contribution >= 4 is 11.9 Å². The summed E-state index contributed by atoms with van der Waals surface area (Å²) in [5, 5.41) is 2.84. The van der Waals surface area contributed by atoms with E-state index in [1.807, 2.05) is 6.08 Å². The number of ether oxygens (including phenoxy) is 1. The number of amides is 1. The number of hydrogen-bond acceptors (Lipinski definition) is 3. The number of carbonyl (C=O) groups is 2. The molecule has 0 aromatic heterocycles. The van der Waals surface area contributed by atoms with Crippen LogP contribution in [0.25, 0.3) is 0 Å². The van der Waals surface area contributed by atoms with Crippen molar-refractivity contribution < 1.29 is 14.3 Å². The van der Waals surface area contributed by atoms with E-state index in [-0.39, 0.29) is 17.9 Å². The summed E-state index contributed by atoms with van der Waals surface area (Å²) in [5.41, 5.74) is 0.735. The topological polar surface area (TPSA) is 55.4 Å². The maximum Gasteiger partial charge on any atom is 0.333 e. The first kappa shape index (κ1) is 11.8. The molecule has 0 fully saturated rings. The van der Waals surface area contributed by atoms with Crippen LogP contribution in [0.15, 0.2) is 11.6 Å². The van der Waals surface area contributed by atoms with Gasteiger partial charge in [0.2, 0.25) is 5.91 Å². The summed E-state index contributed by atoms with van der Waals surface area (Å²) < 4.78 is 4.90. The lowest BCUT2D eigenvalue weighted by Crippen LogP contribution is -2.34. The van der Waals surface area contributed by atoms with E-state index in [9.17, 15) is 9.59 Å². The van der Waals surface area contributed by atoms with E-state index in [4.69, 9.17) is 4.74 Å². The molecule has 1 atom stereocenters. The second kappa shape index (κ2) is 5.53. The van der Waals surface area contributed by atoms with Crippen LogP contribution in [-0.2, 0) is 14.3 Å². The van der Waals surface area contributed by atoms with Crippen molar-refractivity contribution in [3.05, 3.63) is 11.6 Å². The molecule has 1 amide bonds. The monoisotopic (exact) mass is 211 g/mol. The number of hydrogen-bond donors (Lipinski definition) is 1. The summed E-state index contributed by atoms with van der Waals surface area (Å²) in [5.74, 6) is -0.244. The minimum Gasteiger partial charge on any atom is -0.463 e. The molecule has 0 bridgehead atoms. The van der Waals surface area contributed by atoms with Gasteiger partial charge in [0.15, 0.2) is 0 Å². The Morgan fingerprint density at radius 3 is 2.80 bits per heavy atom. The zero-order valence-corrected chi connectivity index (χ0v) is 9.21. The van der Waals surface area contributed by atoms with Crippen LogP contribution in [-0.4, -0.2) is 24.5 Å². The molecule has 0 saturated carbocycles. The third-order valence-corrected chi connectivity index (χ3v) is 2.36. The minimum atomic E-state index is -0.223. The Labute approximate surface area is 89.7 Å². The van der Waals surface area contributed by atoms with Gasteiger partial charge in [0.1, 0.15) is 0 Å². The van der Waals surface area contributed by atoms with E-state index < -0.39 is 0 Å². The molecular weight excluding hydrogens is 194 g/mol. The first-order valence-corrected chi connectivity index (χ1v) is 5.26. The first-order valence-electron chi connectivity index (χ1n) is 5.26. The Bertz CT molecular complexity index is 284. The Morgan fingerprint density at radius 1 is 1.60 bits per heavy atom.